The normalized spacial score (nSPS) is 20.6. The maximum atomic E-state index is 12.6. The van der Waals surface area contributed by atoms with Crippen LogP contribution in [0.4, 0.5) is 5.69 Å². The van der Waals surface area contributed by atoms with Gasteiger partial charge in [0.15, 0.2) is 5.65 Å². The molecule has 6 nitrogen and oxygen atoms in total. The molecule has 1 atom stereocenters. The number of nitrogens with zero attached hydrogens (tertiary/aromatic N) is 4. The molecule has 0 saturated heterocycles. The van der Waals surface area contributed by atoms with Gasteiger partial charge < -0.3 is 5.32 Å². The maximum Gasteiger partial charge on any atom is 0.238 e. The van der Waals surface area contributed by atoms with E-state index in [4.69, 9.17) is 0 Å². The first-order chi connectivity index (χ1) is 12.3. The maximum absolute atomic E-state index is 12.6. The van der Waals surface area contributed by atoms with E-state index >= 15 is 0 Å². The Labute approximate surface area is 145 Å². The predicted molar refractivity (Wildman–Crippen MR) is 94.4 cm³/mol. The Morgan fingerprint density at radius 1 is 1.08 bits per heavy atom. The number of nitrogens with one attached hydrogen (secondary N) is 1. The van der Waals surface area contributed by atoms with Gasteiger partial charge in [-0.2, -0.15) is 5.10 Å². The first kappa shape index (κ1) is 14.6. The predicted octanol–water partition coefficient (Wildman–Crippen LogP) is 3.42. The fourth-order valence-corrected chi connectivity index (χ4v) is 4.12. The van der Waals surface area contributed by atoms with Gasteiger partial charge in [-0.1, -0.05) is 37.5 Å². The SMILES string of the molecule is O=C1Nc2ccccc2C1c1ncnc2nn(C3CCCCC3)cc12. The van der Waals surface area contributed by atoms with Crippen LogP contribution < -0.4 is 5.32 Å². The number of anilines is 1. The molecule has 1 saturated carbocycles. The van der Waals surface area contributed by atoms with Crippen molar-refractivity contribution in [3.05, 3.63) is 48.0 Å². The monoisotopic (exact) mass is 333 g/mol. The highest BCUT2D eigenvalue weighted by Crippen LogP contribution is 2.38. The number of carbonyl (C=O) groups excluding carboxylic acids is 1. The summed E-state index contributed by atoms with van der Waals surface area (Å²) in [6, 6.07) is 8.23. The molecule has 25 heavy (non-hydrogen) atoms. The van der Waals surface area contributed by atoms with Crippen LogP contribution in [-0.4, -0.2) is 25.7 Å². The minimum absolute atomic E-state index is 0.0355. The van der Waals surface area contributed by atoms with E-state index in [1.54, 1.807) is 0 Å². The third kappa shape index (κ3) is 2.32. The Bertz CT molecular complexity index is 957. The molecule has 2 aromatic heterocycles. The summed E-state index contributed by atoms with van der Waals surface area (Å²) in [6.45, 7) is 0. The molecule has 1 N–H and O–H groups in total. The highest BCUT2D eigenvalue weighted by molar-refractivity contribution is 6.06. The van der Waals surface area contributed by atoms with Gasteiger partial charge in [0.05, 0.1) is 17.1 Å². The lowest BCUT2D eigenvalue weighted by atomic mass is 9.95. The minimum Gasteiger partial charge on any atom is -0.325 e. The summed E-state index contributed by atoms with van der Waals surface area (Å²) in [6.07, 6.45) is 9.67. The number of benzene rings is 1. The first-order valence-corrected chi connectivity index (χ1v) is 8.91. The molecule has 1 fully saturated rings. The second kappa shape index (κ2) is 5.65. The Morgan fingerprint density at radius 3 is 2.80 bits per heavy atom. The minimum atomic E-state index is -0.397. The van der Waals surface area contributed by atoms with Gasteiger partial charge in [0, 0.05) is 11.9 Å². The number of hydrogen-bond acceptors (Lipinski definition) is 4. The Balaban J connectivity index is 1.62. The van der Waals surface area contributed by atoms with Crippen molar-refractivity contribution < 1.29 is 4.79 Å². The summed E-state index contributed by atoms with van der Waals surface area (Å²) in [7, 11) is 0. The third-order valence-corrected chi connectivity index (χ3v) is 5.38. The van der Waals surface area contributed by atoms with Gasteiger partial charge in [-0.3, -0.25) is 9.48 Å². The smallest absolute Gasteiger partial charge is 0.238 e. The van der Waals surface area contributed by atoms with Crippen LogP contribution in [0.2, 0.25) is 0 Å². The van der Waals surface area contributed by atoms with E-state index in [1.165, 1.54) is 25.6 Å². The third-order valence-electron chi connectivity index (χ3n) is 5.38. The molecule has 1 aliphatic heterocycles. The topological polar surface area (TPSA) is 72.7 Å². The molecule has 3 heterocycles. The van der Waals surface area contributed by atoms with Gasteiger partial charge in [-0.05, 0) is 24.5 Å². The van der Waals surface area contributed by atoms with E-state index in [0.717, 1.165) is 35.2 Å². The molecular formula is C19H19N5O. The number of rotatable bonds is 2. The fourth-order valence-electron chi connectivity index (χ4n) is 4.12. The van der Waals surface area contributed by atoms with Crippen LogP contribution in [0.1, 0.15) is 55.3 Å². The molecule has 0 spiro atoms. The van der Waals surface area contributed by atoms with Gasteiger partial charge in [0.25, 0.3) is 0 Å². The molecule has 6 heteroatoms. The molecule has 1 amide bonds. The molecule has 1 aliphatic carbocycles. The zero-order valence-electron chi connectivity index (χ0n) is 13.9. The number of para-hydroxylation sites is 1. The van der Waals surface area contributed by atoms with Gasteiger partial charge in [-0.15, -0.1) is 0 Å². The average Bonchev–Trinajstić information content (AvgIpc) is 3.22. The van der Waals surface area contributed by atoms with Crippen LogP contribution in [0.5, 0.6) is 0 Å². The summed E-state index contributed by atoms with van der Waals surface area (Å²) in [5.74, 6) is -0.433. The summed E-state index contributed by atoms with van der Waals surface area (Å²) >= 11 is 0. The molecule has 5 rings (SSSR count). The van der Waals surface area contributed by atoms with Gasteiger partial charge in [0.1, 0.15) is 12.2 Å². The van der Waals surface area contributed by atoms with Crippen molar-refractivity contribution in [3.8, 4) is 0 Å². The van der Waals surface area contributed by atoms with E-state index in [9.17, 15) is 4.79 Å². The Hall–Kier alpha value is -2.76. The quantitative estimate of drug-likeness (QED) is 0.780. The first-order valence-electron chi connectivity index (χ1n) is 8.91. The molecule has 0 radical (unpaired) electrons. The number of fused-ring (bicyclic) bond motifs is 2. The molecule has 1 unspecified atom stereocenters. The molecule has 126 valence electrons. The number of aromatic nitrogens is 4. The van der Waals surface area contributed by atoms with E-state index in [1.807, 2.05) is 35.1 Å². The number of carbonyl (C=O) groups is 1. The standard InChI is InChI=1S/C19H19N5O/c25-19-16(13-8-4-5-9-15(13)22-19)17-14-10-24(12-6-2-1-3-7-12)23-18(14)21-11-20-17/h4-5,8-12,16H,1-3,6-7H2,(H,22,25). The van der Waals surface area contributed by atoms with Crippen LogP contribution in [0.15, 0.2) is 36.8 Å². The van der Waals surface area contributed by atoms with E-state index < -0.39 is 5.92 Å². The fraction of sp³-hybridized carbons (Fsp3) is 0.368. The zero-order chi connectivity index (χ0) is 16.8. The zero-order valence-corrected chi connectivity index (χ0v) is 13.9. The van der Waals surface area contributed by atoms with Gasteiger partial charge in [0.2, 0.25) is 5.91 Å². The van der Waals surface area contributed by atoms with Crippen molar-refractivity contribution in [2.75, 3.05) is 5.32 Å². The Kier molecular flexibility index (Phi) is 3.29. The van der Waals surface area contributed by atoms with Crippen molar-refractivity contribution >= 4 is 22.6 Å². The van der Waals surface area contributed by atoms with Crippen molar-refractivity contribution in [3.63, 3.8) is 0 Å². The molecule has 0 bridgehead atoms. The van der Waals surface area contributed by atoms with Crippen LogP contribution in [-0.2, 0) is 4.79 Å². The van der Waals surface area contributed by atoms with Gasteiger partial charge >= 0.3 is 0 Å². The van der Waals surface area contributed by atoms with Crippen molar-refractivity contribution in [2.45, 2.75) is 44.1 Å². The van der Waals surface area contributed by atoms with Crippen molar-refractivity contribution in [1.82, 2.24) is 19.7 Å². The molecular weight excluding hydrogens is 314 g/mol. The summed E-state index contributed by atoms with van der Waals surface area (Å²) < 4.78 is 2.04. The summed E-state index contributed by atoms with van der Waals surface area (Å²) in [5.41, 5.74) is 3.25. The number of amides is 1. The summed E-state index contributed by atoms with van der Waals surface area (Å²) in [4.78, 5) is 21.4. The second-order valence-electron chi connectivity index (χ2n) is 6.91. The van der Waals surface area contributed by atoms with Crippen molar-refractivity contribution in [2.24, 2.45) is 0 Å². The number of hydrogen-bond donors (Lipinski definition) is 1. The van der Waals surface area contributed by atoms with Crippen LogP contribution >= 0.6 is 0 Å². The van der Waals surface area contributed by atoms with Crippen LogP contribution in [0, 0.1) is 0 Å². The largest absolute Gasteiger partial charge is 0.325 e. The lowest BCUT2D eigenvalue weighted by Crippen LogP contribution is -2.15. The van der Waals surface area contributed by atoms with Crippen molar-refractivity contribution in [1.29, 1.82) is 0 Å². The summed E-state index contributed by atoms with van der Waals surface area (Å²) in [5, 5.41) is 8.52. The van der Waals surface area contributed by atoms with E-state index in [0.29, 0.717) is 11.7 Å². The van der Waals surface area contributed by atoms with Crippen LogP contribution in [0.3, 0.4) is 0 Å². The lowest BCUT2D eigenvalue weighted by Gasteiger charge is -2.21. The highest BCUT2D eigenvalue weighted by atomic mass is 16.2. The molecule has 1 aromatic carbocycles. The lowest BCUT2D eigenvalue weighted by molar-refractivity contribution is -0.116. The highest BCUT2D eigenvalue weighted by Gasteiger charge is 2.34. The Morgan fingerprint density at radius 2 is 1.92 bits per heavy atom. The van der Waals surface area contributed by atoms with E-state index in [-0.39, 0.29) is 5.91 Å². The second-order valence-corrected chi connectivity index (χ2v) is 6.91. The molecule has 2 aliphatic rings. The average molecular weight is 333 g/mol. The van der Waals surface area contributed by atoms with Crippen LogP contribution in [0.25, 0.3) is 11.0 Å². The van der Waals surface area contributed by atoms with Gasteiger partial charge in [-0.25, -0.2) is 9.97 Å². The molecule has 3 aromatic rings. The van der Waals surface area contributed by atoms with E-state index in [2.05, 4.69) is 20.4 Å².